The van der Waals surface area contributed by atoms with Crippen LogP contribution >= 0.6 is 0 Å². The summed E-state index contributed by atoms with van der Waals surface area (Å²) >= 11 is 0. The Hall–Kier alpha value is -2.95. The first-order valence-electron chi connectivity index (χ1n) is 6.37. The van der Waals surface area contributed by atoms with Crippen LogP contribution in [0.5, 0.6) is 5.75 Å². The van der Waals surface area contributed by atoms with Crippen LogP contribution in [0.15, 0.2) is 66.5 Å². The van der Waals surface area contributed by atoms with E-state index in [1.165, 1.54) is 0 Å². The lowest BCUT2D eigenvalue weighted by Gasteiger charge is -2.02. The normalized spacial score (nSPS) is 10.3. The lowest BCUT2D eigenvalue weighted by molar-refractivity contribution is 0.0955. The Morgan fingerprint density at radius 3 is 2.62 bits per heavy atom. The van der Waals surface area contributed by atoms with E-state index in [1.807, 2.05) is 24.3 Å². The molecule has 0 bridgehead atoms. The topological polar surface area (TPSA) is 63.6 Å². The zero-order valence-electron chi connectivity index (χ0n) is 11.4. The number of nitrogens with one attached hydrogen (secondary N) is 1. The number of amides is 1. The highest BCUT2D eigenvalue weighted by molar-refractivity contribution is 5.94. The van der Waals surface area contributed by atoms with Gasteiger partial charge in [0, 0.05) is 18.0 Å². The van der Waals surface area contributed by atoms with Crippen molar-refractivity contribution in [2.75, 3.05) is 6.61 Å². The molecule has 0 radical (unpaired) electrons. The molecule has 1 amide bonds. The van der Waals surface area contributed by atoms with Gasteiger partial charge in [-0.1, -0.05) is 12.7 Å². The number of aromatic nitrogens is 1. The van der Waals surface area contributed by atoms with Crippen LogP contribution in [0, 0.1) is 0 Å². The highest BCUT2D eigenvalue weighted by Crippen LogP contribution is 2.10. The fourth-order valence-electron chi connectivity index (χ4n) is 1.54. The number of pyridine rings is 1. The monoisotopic (exact) mass is 281 g/mol. The highest BCUT2D eigenvalue weighted by Gasteiger charge is 2.01. The van der Waals surface area contributed by atoms with E-state index in [2.05, 4.69) is 22.1 Å². The Balaban J connectivity index is 1.89. The Kier molecular flexibility index (Phi) is 5.23. The highest BCUT2D eigenvalue weighted by atomic mass is 16.5. The van der Waals surface area contributed by atoms with E-state index in [1.54, 1.807) is 36.8 Å². The van der Waals surface area contributed by atoms with Gasteiger partial charge in [0.2, 0.25) is 0 Å². The molecule has 0 aliphatic rings. The maximum atomic E-state index is 11.7. The van der Waals surface area contributed by atoms with Crippen LogP contribution < -0.4 is 10.2 Å². The molecule has 0 aliphatic carbocycles. The fraction of sp³-hybridized carbons (Fsp3) is 0.0625. The molecule has 0 spiro atoms. The van der Waals surface area contributed by atoms with E-state index >= 15 is 0 Å². The Morgan fingerprint density at radius 2 is 1.95 bits per heavy atom. The summed E-state index contributed by atoms with van der Waals surface area (Å²) in [6.45, 7) is 4.05. The van der Waals surface area contributed by atoms with Crippen molar-refractivity contribution < 1.29 is 9.53 Å². The predicted molar refractivity (Wildman–Crippen MR) is 81.4 cm³/mol. The first-order chi connectivity index (χ1) is 10.3. The molecule has 2 aromatic rings. The summed E-state index contributed by atoms with van der Waals surface area (Å²) in [7, 11) is 0. The van der Waals surface area contributed by atoms with Crippen molar-refractivity contribution in [3.63, 3.8) is 0 Å². The maximum Gasteiger partial charge on any atom is 0.271 e. The molecule has 21 heavy (non-hydrogen) atoms. The molecule has 0 aliphatic heterocycles. The molecule has 2 rings (SSSR count). The van der Waals surface area contributed by atoms with E-state index in [4.69, 9.17) is 4.74 Å². The van der Waals surface area contributed by atoms with Crippen LogP contribution in [-0.4, -0.2) is 23.7 Å². The molecule has 106 valence electrons. The van der Waals surface area contributed by atoms with Gasteiger partial charge < -0.3 is 4.74 Å². The standard InChI is InChI=1S/C16H15N3O2/c1-2-11-21-15-5-3-13(4-6-15)12-18-19-16(20)14-7-9-17-10-8-14/h2-10,12H,1,11H2,(H,19,20)/b18-12+. The molecular weight excluding hydrogens is 266 g/mol. The molecule has 1 N–H and O–H groups in total. The number of ether oxygens (including phenoxy) is 1. The van der Waals surface area contributed by atoms with Crippen LogP contribution in [0.3, 0.4) is 0 Å². The van der Waals surface area contributed by atoms with Gasteiger partial charge in [-0.25, -0.2) is 5.43 Å². The van der Waals surface area contributed by atoms with Crippen molar-refractivity contribution in [2.24, 2.45) is 5.10 Å². The van der Waals surface area contributed by atoms with Crippen LogP contribution in [0.1, 0.15) is 15.9 Å². The number of carbonyl (C=O) groups excluding carboxylic acids is 1. The average Bonchev–Trinajstić information content (AvgIpc) is 2.55. The molecular formula is C16H15N3O2. The molecule has 5 heteroatoms. The second-order valence-electron chi connectivity index (χ2n) is 4.10. The SMILES string of the molecule is C=CCOc1ccc(/C=N/NC(=O)c2ccncc2)cc1. The second kappa shape index (κ2) is 7.59. The molecule has 0 fully saturated rings. The third kappa shape index (κ3) is 4.58. The van der Waals surface area contributed by atoms with Crippen molar-refractivity contribution >= 4 is 12.1 Å². The van der Waals surface area contributed by atoms with Gasteiger partial charge in [0.25, 0.3) is 5.91 Å². The van der Waals surface area contributed by atoms with E-state index in [0.29, 0.717) is 12.2 Å². The Morgan fingerprint density at radius 1 is 1.24 bits per heavy atom. The zero-order chi connectivity index (χ0) is 14.9. The first-order valence-corrected chi connectivity index (χ1v) is 6.37. The molecule has 1 heterocycles. The minimum Gasteiger partial charge on any atom is -0.490 e. The smallest absolute Gasteiger partial charge is 0.271 e. The van der Waals surface area contributed by atoms with Gasteiger partial charge in [0.05, 0.1) is 6.21 Å². The van der Waals surface area contributed by atoms with Crippen molar-refractivity contribution in [3.8, 4) is 5.75 Å². The van der Waals surface area contributed by atoms with E-state index in [9.17, 15) is 4.79 Å². The van der Waals surface area contributed by atoms with Crippen LogP contribution in [-0.2, 0) is 0 Å². The minimum atomic E-state index is -0.278. The van der Waals surface area contributed by atoms with Crippen LogP contribution in [0.25, 0.3) is 0 Å². The summed E-state index contributed by atoms with van der Waals surface area (Å²) in [5.41, 5.74) is 3.82. The molecule has 0 saturated heterocycles. The first kappa shape index (κ1) is 14.5. The van der Waals surface area contributed by atoms with Gasteiger partial charge in [-0.2, -0.15) is 5.10 Å². The minimum absolute atomic E-state index is 0.278. The number of carbonyl (C=O) groups is 1. The Bertz CT molecular complexity index is 622. The summed E-state index contributed by atoms with van der Waals surface area (Å²) in [4.78, 5) is 15.6. The number of benzene rings is 1. The van der Waals surface area contributed by atoms with Gasteiger partial charge in [-0.05, 0) is 42.0 Å². The third-order valence-corrected chi connectivity index (χ3v) is 2.57. The van der Waals surface area contributed by atoms with Crippen molar-refractivity contribution in [2.45, 2.75) is 0 Å². The zero-order valence-corrected chi connectivity index (χ0v) is 11.4. The van der Waals surface area contributed by atoms with E-state index in [-0.39, 0.29) is 5.91 Å². The quantitative estimate of drug-likeness (QED) is 0.502. The molecule has 5 nitrogen and oxygen atoms in total. The van der Waals surface area contributed by atoms with Crippen LogP contribution in [0.2, 0.25) is 0 Å². The predicted octanol–water partition coefficient (Wildman–Crippen LogP) is 2.41. The molecule has 0 unspecified atom stereocenters. The number of hydrazone groups is 1. The van der Waals surface area contributed by atoms with E-state index in [0.717, 1.165) is 11.3 Å². The van der Waals surface area contributed by atoms with Gasteiger partial charge in [-0.15, -0.1) is 0 Å². The van der Waals surface area contributed by atoms with E-state index < -0.39 is 0 Å². The van der Waals surface area contributed by atoms with Crippen molar-refractivity contribution in [1.29, 1.82) is 0 Å². The number of nitrogens with zero attached hydrogens (tertiary/aromatic N) is 2. The van der Waals surface area contributed by atoms with Crippen LogP contribution in [0.4, 0.5) is 0 Å². The van der Waals surface area contributed by atoms with Gasteiger partial charge in [0.15, 0.2) is 0 Å². The molecule has 1 aromatic heterocycles. The summed E-state index contributed by atoms with van der Waals surface area (Å²) in [5.74, 6) is 0.479. The molecule has 0 atom stereocenters. The van der Waals surface area contributed by atoms with Crippen molar-refractivity contribution in [3.05, 3.63) is 72.6 Å². The molecule has 1 aromatic carbocycles. The number of hydrogen-bond donors (Lipinski definition) is 1. The van der Waals surface area contributed by atoms with Crippen molar-refractivity contribution in [1.82, 2.24) is 10.4 Å². The summed E-state index contributed by atoms with van der Waals surface area (Å²) in [5, 5.41) is 3.91. The molecule has 0 saturated carbocycles. The average molecular weight is 281 g/mol. The second-order valence-corrected chi connectivity index (χ2v) is 4.10. The summed E-state index contributed by atoms with van der Waals surface area (Å²) < 4.78 is 5.37. The third-order valence-electron chi connectivity index (χ3n) is 2.57. The lowest BCUT2D eigenvalue weighted by atomic mass is 10.2. The number of hydrogen-bond acceptors (Lipinski definition) is 4. The largest absolute Gasteiger partial charge is 0.490 e. The van der Waals surface area contributed by atoms with Gasteiger partial charge in [0.1, 0.15) is 12.4 Å². The fourth-order valence-corrected chi connectivity index (χ4v) is 1.54. The maximum absolute atomic E-state index is 11.7. The summed E-state index contributed by atoms with van der Waals surface area (Å²) in [6.07, 6.45) is 6.36. The summed E-state index contributed by atoms with van der Waals surface area (Å²) in [6, 6.07) is 10.6. The van der Waals surface area contributed by atoms with Gasteiger partial charge in [-0.3, -0.25) is 9.78 Å². The Labute approximate surface area is 123 Å². The number of rotatable bonds is 6. The van der Waals surface area contributed by atoms with Gasteiger partial charge >= 0.3 is 0 Å². The lowest BCUT2D eigenvalue weighted by Crippen LogP contribution is -2.17.